The number of imide groups is 1. The Morgan fingerprint density at radius 2 is 1.24 bits per heavy atom. The lowest BCUT2D eigenvalue weighted by atomic mass is 10.1. The molecular formula is C40H66N4O10Si. The first-order valence-electron chi connectivity index (χ1n) is 18.7. The molecule has 1 N–H and O–H groups in total. The molecule has 0 radical (unpaired) electrons. The van der Waals surface area contributed by atoms with Crippen molar-refractivity contribution in [3.63, 3.8) is 0 Å². The van der Waals surface area contributed by atoms with Gasteiger partial charge in [-0.1, -0.05) is 20.8 Å². The molecule has 1 unspecified atom stereocenters. The number of carbonyl (C=O) groups is 4. The number of imidazole rings is 1. The molecule has 3 amide bonds. The first kappa shape index (κ1) is 47.0. The third-order valence-corrected chi connectivity index (χ3v) is 12.3. The van der Waals surface area contributed by atoms with Gasteiger partial charge in [-0.25, -0.2) is 24.2 Å². The Morgan fingerprint density at radius 3 is 1.69 bits per heavy atom. The maximum Gasteiger partial charge on any atom is 0.427 e. The lowest BCUT2D eigenvalue weighted by Crippen LogP contribution is -2.49. The van der Waals surface area contributed by atoms with Gasteiger partial charge in [-0.05, 0) is 132 Å². The minimum absolute atomic E-state index is 0.0286. The normalized spacial score (nSPS) is 13.4. The molecule has 1 atom stereocenters. The van der Waals surface area contributed by atoms with E-state index in [4.69, 9.17) is 33.1 Å². The van der Waals surface area contributed by atoms with E-state index in [2.05, 4.69) is 39.2 Å². The minimum Gasteiger partial charge on any atom is -0.490 e. The van der Waals surface area contributed by atoms with Crippen molar-refractivity contribution in [3.05, 3.63) is 30.5 Å². The molecule has 55 heavy (non-hydrogen) atoms. The highest BCUT2D eigenvalue weighted by Gasteiger charge is 2.42. The average molecular weight is 791 g/mol. The largest absolute Gasteiger partial charge is 0.490 e. The van der Waals surface area contributed by atoms with Crippen LogP contribution in [0.25, 0.3) is 11.3 Å². The van der Waals surface area contributed by atoms with Crippen LogP contribution in [-0.4, -0.2) is 83.8 Å². The highest BCUT2D eigenvalue weighted by molar-refractivity contribution is 6.74. The molecule has 0 spiro atoms. The van der Waals surface area contributed by atoms with Crippen molar-refractivity contribution >= 4 is 38.5 Å². The smallest absolute Gasteiger partial charge is 0.427 e. The molecule has 0 aliphatic rings. The SMILES string of the molecule is CC(C)(C)OC(=O)NCCCn1cc(-c2ccc(OCC(O[Si](C)(C)C(C)(C)C)C(=O)OC(C)(C)C)cc2)nc1N(C(=O)OC(C)(C)C)C(=O)OC(C)(C)C. The fraction of sp³-hybridized carbons (Fsp3) is 0.675. The van der Waals surface area contributed by atoms with Crippen LogP contribution >= 0.6 is 0 Å². The summed E-state index contributed by atoms with van der Waals surface area (Å²) in [7, 11) is -2.37. The number of aromatic nitrogens is 2. The number of aryl methyl sites for hydroxylation is 1. The van der Waals surface area contributed by atoms with Crippen molar-refractivity contribution in [1.82, 2.24) is 14.9 Å². The van der Waals surface area contributed by atoms with E-state index in [1.165, 1.54) is 0 Å². The summed E-state index contributed by atoms with van der Waals surface area (Å²) < 4.78 is 36.4. The third kappa shape index (κ3) is 16.3. The number of alkyl carbamates (subject to hydrolysis) is 1. The number of benzene rings is 1. The number of nitrogens with one attached hydrogen (secondary N) is 1. The van der Waals surface area contributed by atoms with Gasteiger partial charge < -0.3 is 38.0 Å². The van der Waals surface area contributed by atoms with Gasteiger partial charge in [0.05, 0.1) is 5.69 Å². The fourth-order valence-corrected chi connectivity index (χ4v) is 5.67. The van der Waals surface area contributed by atoms with Crippen LogP contribution in [0.15, 0.2) is 30.5 Å². The molecule has 1 heterocycles. The summed E-state index contributed by atoms with van der Waals surface area (Å²) in [4.78, 5) is 58.2. The van der Waals surface area contributed by atoms with E-state index in [1.54, 1.807) is 97.3 Å². The maximum absolute atomic E-state index is 13.6. The topological polar surface area (TPSA) is 157 Å². The first-order chi connectivity index (χ1) is 24.8. The Hall–Kier alpha value is -4.11. The number of carbonyl (C=O) groups excluding carboxylic acids is 4. The Labute approximate surface area is 329 Å². The van der Waals surface area contributed by atoms with Crippen molar-refractivity contribution in [3.8, 4) is 17.0 Å². The van der Waals surface area contributed by atoms with Crippen molar-refractivity contribution in [2.24, 2.45) is 0 Å². The van der Waals surface area contributed by atoms with Gasteiger partial charge in [-0.15, -0.1) is 4.90 Å². The summed E-state index contributed by atoms with van der Waals surface area (Å²) in [5, 5.41) is 2.58. The predicted molar refractivity (Wildman–Crippen MR) is 215 cm³/mol. The molecule has 0 saturated heterocycles. The molecule has 2 aromatic rings. The van der Waals surface area contributed by atoms with Gasteiger partial charge in [0.25, 0.3) is 0 Å². The predicted octanol–water partition coefficient (Wildman–Crippen LogP) is 9.25. The average Bonchev–Trinajstić information content (AvgIpc) is 3.36. The second-order valence-electron chi connectivity index (χ2n) is 18.9. The van der Waals surface area contributed by atoms with Crippen LogP contribution < -0.4 is 15.0 Å². The number of ether oxygens (including phenoxy) is 5. The molecular weight excluding hydrogens is 725 g/mol. The highest BCUT2D eigenvalue weighted by atomic mass is 28.4. The molecule has 0 aliphatic carbocycles. The number of rotatable bonds is 12. The minimum atomic E-state index is -2.37. The van der Waals surface area contributed by atoms with Crippen LogP contribution in [0.2, 0.25) is 18.1 Å². The second-order valence-corrected chi connectivity index (χ2v) is 23.7. The van der Waals surface area contributed by atoms with Gasteiger partial charge in [0.2, 0.25) is 5.95 Å². The van der Waals surface area contributed by atoms with Crippen LogP contribution in [0.3, 0.4) is 0 Å². The van der Waals surface area contributed by atoms with Crippen molar-refractivity contribution < 1.29 is 47.3 Å². The summed E-state index contributed by atoms with van der Waals surface area (Å²) in [5.41, 5.74) is -2.13. The summed E-state index contributed by atoms with van der Waals surface area (Å²) in [6, 6.07) is 7.02. The monoisotopic (exact) mass is 790 g/mol. The Balaban J connectivity index is 2.48. The lowest BCUT2D eigenvalue weighted by Gasteiger charge is -2.39. The van der Waals surface area contributed by atoms with E-state index in [9.17, 15) is 19.2 Å². The zero-order valence-electron chi connectivity index (χ0n) is 36.2. The van der Waals surface area contributed by atoms with E-state index in [-0.39, 0.29) is 30.7 Å². The Morgan fingerprint density at radius 1 is 0.745 bits per heavy atom. The van der Waals surface area contributed by atoms with E-state index in [0.29, 0.717) is 23.4 Å². The maximum atomic E-state index is 13.6. The van der Waals surface area contributed by atoms with Gasteiger partial charge in [-0.3, -0.25) is 0 Å². The number of hydrogen-bond donors (Lipinski definition) is 1. The molecule has 0 fully saturated rings. The summed E-state index contributed by atoms with van der Waals surface area (Å²) in [6.45, 7) is 31.8. The molecule has 0 saturated carbocycles. The van der Waals surface area contributed by atoms with Crippen LogP contribution in [0, 0.1) is 0 Å². The number of anilines is 1. The Kier molecular flexibility index (Phi) is 15.2. The van der Waals surface area contributed by atoms with E-state index in [1.807, 2.05) is 20.8 Å². The number of hydrogen-bond acceptors (Lipinski definition) is 11. The fourth-order valence-electron chi connectivity index (χ4n) is 4.44. The second kappa shape index (κ2) is 17.8. The third-order valence-electron chi connectivity index (χ3n) is 7.82. The van der Waals surface area contributed by atoms with E-state index < -0.39 is 61.1 Å². The standard InChI is InChI=1S/C40H66N4O10Si/c1-36(2,3)50-31(45)30(54-55(16,17)40(13,14)15)26-49-28-21-19-27(20-22-28)29-25-43(24-18-23-41-33(46)51-37(4,5)6)32(42-29)44(34(47)52-38(7,8)9)35(48)53-39(10,11)12/h19-22,25,30H,18,23-24,26H2,1-17H3,(H,41,46). The molecule has 1 aromatic carbocycles. The first-order valence-corrected chi connectivity index (χ1v) is 21.6. The van der Waals surface area contributed by atoms with Gasteiger partial charge >= 0.3 is 24.2 Å². The van der Waals surface area contributed by atoms with Gasteiger partial charge in [0, 0.05) is 24.8 Å². The van der Waals surface area contributed by atoms with Crippen molar-refractivity contribution in [2.75, 3.05) is 18.1 Å². The molecule has 1 aromatic heterocycles. The van der Waals surface area contributed by atoms with Crippen LogP contribution in [0.4, 0.5) is 20.3 Å². The van der Waals surface area contributed by atoms with Crippen LogP contribution in [0.1, 0.15) is 110 Å². The number of esters is 1. The molecule has 14 nitrogen and oxygen atoms in total. The van der Waals surface area contributed by atoms with Gasteiger partial charge in [0.1, 0.15) is 34.8 Å². The van der Waals surface area contributed by atoms with Crippen LogP contribution in [-0.2, 0) is 34.7 Å². The molecule has 0 aliphatic heterocycles. The van der Waals surface area contributed by atoms with E-state index in [0.717, 1.165) is 4.90 Å². The number of amides is 3. The summed E-state index contributed by atoms with van der Waals surface area (Å²) in [5.74, 6) is -0.0416. The molecule has 15 heteroatoms. The van der Waals surface area contributed by atoms with E-state index >= 15 is 0 Å². The lowest BCUT2D eigenvalue weighted by molar-refractivity contribution is -0.165. The summed E-state index contributed by atoms with van der Waals surface area (Å²) in [6.07, 6.45) is -1.32. The number of nitrogens with zero attached hydrogens (tertiary/aromatic N) is 3. The van der Waals surface area contributed by atoms with Crippen LogP contribution in [0.5, 0.6) is 5.75 Å². The van der Waals surface area contributed by atoms with Gasteiger partial charge in [0.15, 0.2) is 14.4 Å². The van der Waals surface area contributed by atoms with Crippen molar-refractivity contribution in [1.29, 1.82) is 0 Å². The van der Waals surface area contributed by atoms with Gasteiger partial charge in [-0.2, -0.15) is 0 Å². The highest BCUT2D eigenvalue weighted by Crippen LogP contribution is 2.38. The molecule has 2 rings (SSSR count). The summed E-state index contributed by atoms with van der Waals surface area (Å²) >= 11 is 0. The molecule has 310 valence electrons. The zero-order chi connectivity index (χ0) is 42.4. The molecule has 0 bridgehead atoms. The Bertz CT molecular complexity index is 1590. The zero-order valence-corrected chi connectivity index (χ0v) is 37.2. The quantitative estimate of drug-likeness (QED) is 0.0946. The van der Waals surface area contributed by atoms with Crippen molar-refractivity contribution in [2.45, 2.75) is 163 Å².